The molecule has 5 nitrogen and oxygen atoms in total. The molecule has 1 amide bonds. The summed E-state index contributed by atoms with van der Waals surface area (Å²) in [6.45, 7) is 3.72. The Morgan fingerprint density at radius 3 is 2.68 bits per heavy atom. The number of ketones is 1. The third-order valence-electron chi connectivity index (χ3n) is 8.72. The van der Waals surface area contributed by atoms with Gasteiger partial charge in [0.2, 0.25) is 0 Å². The number of alkyl carbamates (subject to hydrolysis) is 1. The standard InChI is InChI=1S/C23H38N2O3/c1-23-11-10-18-17-7-5-16(28-22(27)24-12-13-25(2)3)14-15(17)4-6-19(18)20(23)8-9-21(23)26/h15-20H,4-14H2,1-3H3,(H,24,27). The number of fused-ring (bicyclic) bond motifs is 5. The van der Waals surface area contributed by atoms with E-state index in [1.165, 1.54) is 25.7 Å². The van der Waals surface area contributed by atoms with Gasteiger partial charge in [0, 0.05) is 24.9 Å². The number of ether oxygens (including phenoxy) is 1. The fraction of sp³-hybridized carbons (Fsp3) is 0.913. The topological polar surface area (TPSA) is 58.6 Å². The second kappa shape index (κ2) is 7.97. The zero-order valence-electron chi connectivity index (χ0n) is 17.9. The van der Waals surface area contributed by atoms with Crippen molar-refractivity contribution >= 4 is 11.9 Å². The molecule has 4 rings (SSSR count). The first-order valence-electron chi connectivity index (χ1n) is 11.5. The summed E-state index contributed by atoms with van der Waals surface area (Å²) >= 11 is 0. The van der Waals surface area contributed by atoms with Gasteiger partial charge in [-0.05, 0) is 95.1 Å². The lowest BCUT2D eigenvalue weighted by atomic mass is 9.50. The molecule has 4 fully saturated rings. The second-order valence-electron chi connectivity index (χ2n) is 10.4. The van der Waals surface area contributed by atoms with Crippen molar-refractivity contribution in [1.82, 2.24) is 10.2 Å². The van der Waals surface area contributed by atoms with E-state index >= 15 is 0 Å². The molecule has 0 heterocycles. The van der Waals surface area contributed by atoms with Crippen LogP contribution in [0.2, 0.25) is 0 Å². The molecule has 0 bridgehead atoms. The largest absolute Gasteiger partial charge is 0.446 e. The molecule has 5 heteroatoms. The molecule has 0 aromatic heterocycles. The molecule has 1 N–H and O–H groups in total. The van der Waals surface area contributed by atoms with Crippen LogP contribution in [0, 0.1) is 35.0 Å². The van der Waals surface area contributed by atoms with Gasteiger partial charge in [0.15, 0.2) is 0 Å². The van der Waals surface area contributed by atoms with Crippen molar-refractivity contribution in [2.24, 2.45) is 35.0 Å². The molecule has 4 aliphatic carbocycles. The number of nitrogens with one attached hydrogen (secondary N) is 1. The van der Waals surface area contributed by atoms with Crippen LogP contribution in [0.4, 0.5) is 4.79 Å². The van der Waals surface area contributed by atoms with Crippen LogP contribution in [-0.2, 0) is 9.53 Å². The number of nitrogens with zero attached hydrogens (tertiary/aromatic N) is 1. The molecule has 0 aromatic rings. The van der Waals surface area contributed by atoms with Crippen LogP contribution in [0.3, 0.4) is 0 Å². The van der Waals surface area contributed by atoms with Gasteiger partial charge < -0.3 is 15.0 Å². The predicted molar refractivity (Wildman–Crippen MR) is 109 cm³/mol. The van der Waals surface area contributed by atoms with Crippen LogP contribution >= 0.6 is 0 Å². The molecule has 7 atom stereocenters. The van der Waals surface area contributed by atoms with E-state index in [-0.39, 0.29) is 17.6 Å². The van der Waals surface area contributed by atoms with Crippen molar-refractivity contribution in [1.29, 1.82) is 0 Å². The molecular weight excluding hydrogens is 352 g/mol. The third-order valence-corrected chi connectivity index (χ3v) is 8.72. The fourth-order valence-corrected chi connectivity index (χ4v) is 7.26. The van der Waals surface area contributed by atoms with Gasteiger partial charge in [-0.3, -0.25) is 4.79 Å². The molecule has 0 saturated heterocycles. The Balaban J connectivity index is 1.31. The van der Waals surface area contributed by atoms with Gasteiger partial charge in [-0.25, -0.2) is 4.79 Å². The van der Waals surface area contributed by atoms with Gasteiger partial charge >= 0.3 is 6.09 Å². The summed E-state index contributed by atoms with van der Waals surface area (Å²) in [6.07, 6.45) is 9.90. The lowest BCUT2D eigenvalue weighted by Crippen LogP contribution is -2.49. The van der Waals surface area contributed by atoms with Crippen molar-refractivity contribution in [2.75, 3.05) is 27.2 Å². The monoisotopic (exact) mass is 390 g/mol. The zero-order valence-corrected chi connectivity index (χ0v) is 17.9. The quantitative estimate of drug-likeness (QED) is 0.792. The summed E-state index contributed by atoms with van der Waals surface area (Å²) in [7, 11) is 4.00. The van der Waals surface area contributed by atoms with E-state index in [0.29, 0.717) is 24.2 Å². The van der Waals surface area contributed by atoms with Crippen LogP contribution in [0.1, 0.15) is 64.7 Å². The normalized spacial score (nSPS) is 42.5. The van der Waals surface area contributed by atoms with E-state index in [1.54, 1.807) is 0 Å². The maximum atomic E-state index is 12.5. The van der Waals surface area contributed by atoms with Crippen molar-refractivity contribution < 1.29 is 14.3 Å². The molecule has 0 radical (unpaired) electrons. The molecule has 7 unspecified atom stereocenters. The smallest absolute Gasteiger partial charge is 0.407 e. The predicted octanol–water partition coefficient (Wildman–Crippen LogP) is 3.86. The Hall–Kier alpha value is -1.10. The molecule has 28 heavy (non-hydrogen) atoms. The maximum Gasteiger partial charge on any atom is 0.407 e. The highest BCUT2D eigenvalue weighted by Crippen LogP contribution is 2.61. The van der Waals surface area contributed by atoms with E-state index in [2.05, 4.69) is 17.1 Å². The number of Topliss-reactive ketones (excluding diaryl/α,β-unsaturated/α-hetero) is 1. The first-order chi connectivity index (χ1) is 13.4. The lowest BCUT2D eigenvalue weighted by Gasteiger charge is -2.54. The second-order valence-corrected chi connectivity index (χ2v) is 10.4. The zero-order chi connectivity index (χ0) is 19.9. The summed E-state index contributed by atoms with van der Waals surface area (Å²) in [6, 6.07) is 0. The summed E-state index contributed by atoms with van der Waals surface area (Å²) in [5, 5.41) is 2.88. The van der Waals surface area contributed by atoms with Crippen LogP contribution in [-0.4, -0.2) is 50.1 Å². The molecule has 4 aliphatic rings. The van der Waals surface area contributed by atoms with Crippen LogP contribution < -0.4 is 5.32 Å². The van der Waals surface area contributed by atoms with E-state index in [1.807, 2.05) is 14.1 Å². The molecule has 158 valence electrons. The number of hydrogen-bond acceptors (Lipinski definition) is 4. The first-order valence-corrected chi connectivity index (χ1v) is 11.5. The Bertz CT molecular complexity index is 607. The Morgan fingerprint density at radius 2 is 1.89 bits per heavy atom. The maximum absolute atomic E-state index is 12.5. The van der Waals surface area contributed by atoms with Crippen LogP contribution in [0.15, 0.2) is 0 Å². The van der Waals surface area contributed by atoms with Crippen molar-refractivity contribution in [3.63, 3.8) is 0 Å². The minimum atomic E-state index is -0.253. The minimum Gasteiger partial charge on any atom is -0.446 e. The van der Waals surface area contributed by atoms with Crippen molar-refractivity contribution in [3.8, 4) is 0 Å². The molecule has 0 aliphatic heterocycles. The number of amides is 1. The number of hydrogen-bond donors (Lipinski definition) is 1. The van der Waals surface area contributed by atoms with Gasteiger partial charge in [0.1, 0.15) is 11.9 Å². The van der Waals surface area contributed by atoms with Crippen molar-refractivity contribution in [3.05, 3.63) is 0 Å². The molecule has 0 spiro atoms. The van der Waals surface area contributed by atoms with E-state index < -0.39 is 0 Å². The van der Waals surface area contributed by atoms with E-state index in [0.717, 1.165) is 56.4 Å². The number of carbonyl (C=O) groups excluding carboxylic acids is 2. The lowest BCUT2D eigenvalue weighted by molar-refractivity contribution is -0.133. The number of likely N-dealkylation sites (N-methyl/N-ethyl adjacent to an activating group) is 1. The van der Waals surface area contributed by atoms with Gasteiger partial charge in [0.25, 0.3) is 0 Å². The molecule has 0 aromatic carbocycles. The average molecular weight is 391 g/mol. The van der Waals surface area contributed by atoms with Crippen LogP contribution in [0.5, 0.6) is 0 Å². The third kappa shape index (κ3) is 3.71. The van der Waals surface area contributed by atoms with Gasteiger partial charge in [-0.15, -0.1) is 0 Å². The molecule has 4 saturated carbocycles. The van der Waals surface area contributed by atoms with Gasteiger partial charge in [0.05, 0.1) is 0 Å². The first kappa shape index (κ1) is 20.2. The average Bonchev–Trinajstić information content (AvgIpc) is 2.96. The van der Waals surface area contributed by atoms with E-state index in [9.17, 15) is 9.59 Å². The Morgan fingerprint density at radius 1 is 1.11 bits per heavy atom. The Kier molecular flexibility index (Phi) is 5.74. The number of rotatable bonds is 4. The number of carbonyl (C=O) groups is 2. The van der Waals surface area contributed by atoms with Gasteiger partial charge in [-0.2, -0.15) is 0 Å². The SMILES string of the molecule is CN(C)CCNC(=O)OC1CCC2C(CCC3C2CCC2(C)C(=O)CCC32)C1. The summed E-state index contributed by atoms with van der Waals surface area (Å²) in [4.78, 5) is 26.6. The summed E-state index contributed by atoms with van der Waals surface area (Å²) in [5.41, 5.74) is -0.0149. The summed E-state index contributed by atoms with van der Waals surface area (Å²) < 4.78 is 5.74. The van der Waals surface area contributed by atoms with Gasteiger partial charge in [-0.1, -0.05) is 6.92 Å². The highest BCUT2D eigenvalue weighted by atomic mass is 16.6. The highest BCUT2D eigenvalue weighted by Gasteiger charge is 2.57. The Labute approximate surface area is 169 Å². The van der Waals surface area contributed by atoms with E-state index in [4.69, 9.17) is 4.74 Å². The summed E-state index contributed by atoms with van der Waals surface area (Å²) in [5.74, 6) is 4.23. The molecular formula is C23H38N2O3. The van der Waals surface area contributed by atoms with Crippen LogP contribution in [0.25, 0.3) is 0 Å². The highest BCUT2D eigenvalue weighted by molar-refractivity contribution is 5.87. The minimum absolute atomic E-state index is 0.0149. The fourth-order valence-electron chi connectivity index (χ4n) is 7.26. The van der Waals surface area contributed by atoms with Crippen molar-refractivity contribution in [2.45, 2.75) is 70.8 Å².